The molecule has 0 aromatic heterocycles. The molecule has 0 atom stereocenters. The van der Waals surface area contributed by atoms with E-state index in [1.807, 2.05) is 0 Å². The second kappa shape index (κ2) is 9.22. The quantitative estimate of drug-likeness (QED) is 0.525. The Morgan fingerprint density at radius 3 is 2.00 bits per heavy atom. The first-order valence-electron chi connectivity index (χ1n) is 1.02. The summed E-state index contributed by atoms with van der Waals surface area (Å²) in [7, 11) is 0. The fourth-order valence-electron chi connectivity index (χ4n) is 0. The van der Waals surface area contributed by atoms with Crippen LogP contribution in [0.4, 0.5) is 0 Å². The average molecular weight is 174 g/mol. The van der Waals surface area contributed by atoms with E-state index in [4.69, 9.17) is 5.11 Å². The number of hydrogen-bond donors (Lipinski definition) is 1. The predicted octanol–water partition coefficient (Wildman–Crippen LogP) is 0.356. The van der Waals surface area contributed by atoms with Crippen LogP contribution in [-0.2, 0) is 0 Å². The molecule has 0 rings (SSSR count). The maximum atomic E-state index is 7.57. The van der Waals surface area contributed by atoms with Gasteiger partial charge >= 0.3 is 0 Å². The zero-order chi connectivity index (χ0) is 2.71. The van der Waals surface area contributed by atoms with Crippen LogP contribution < -0.4 is 0 Å². The minimum Gasteiger partial charge on any atom is -0.397 e. The van der Waals surface area contributed by atoms with Gasteiger partial charge in [-0.05, 0) is 6.92 Å². The van der Waals surface area contributed by atoms with E-state index in [1.54, 1.807) is 6.92 Å². The first kappa shape index (κ1) is 8.84. The van der Waals surface area contributed by atoms with Gasteiger partial charge in [0.05, 0.1) is 0 Å². The van der Waals surface area contributed by atoms with Gasteiger partial charge in [0.2, 0.25) is 0 Å². The van der Waals surface area contributed by atoms with Crippen LogP contribution in [0.5, 0.6) is 0 Å². The third-order valence-electron chi connectivity index (χ3n) is 0. The van der Waals surface area contributed by atoms with E-state index in [0.717, 1.165) is 0 Å². The summed E-state index contributed by atoms with van der Waals surface area (Å²) in [6.45, 7) is 1.93. The van der Waals surface area contributed by atoms with Crippen LogP contribution >= 0.6 is 0 Å². The Morgan fingerprint density at radius 2 is 2.00 bits per heavy atom. The summed E-state index contributed by atoms with van der Waals surface area (Å²) >= 11 is 0. The molecule has 0 aliphatic heterocycles. The van der Waals surface area contributed by atoms with E-state index in [0.29, 0.717) is 0 Å². The first-order valence-corrected chi connectivity index (χ1v) is 1.02. The summed E-state index contributed by atoms with van der Waals surface area (Å²) in [5.41, 5.74) is 0. The Morgan fingerprint density at radius 1 is 2.00 bits per heavy atom. The summed E-state index contributed by atoms with van der Waals surface area (Å²) in [6, 6.07) is 0. The monoisotopic (exact) mass is 173 g/mol. The first-order chi connectivity index (χ1) is 1.41. The Kier molecular flexibility index (Phi) is 20.4. The molecule has 0 fully saturated rings. The molecule has 1 nitrogen and oxygen atoms in total. The molecule has 2 heteroatoms. The zero-order valence-corrected chi connectivity index (χ0v) is 5.15. The number of aliphatic hydroxyl groups is 1. The second-order valence-electron chi connectivity index (χ2n) is 0.316. The van der Waals surface area contributed by atoms with Gasteiger partial charge in [0.1, 0.15) is 0 Å². The molecule has 0 aliphatic carbocycles. The standard InChI is InChI=1S/C2H6O.Sb.3H2/c1-2-3;;;;/h3H,2H2,1H3;;3*1H. The van der Waals surface area contributed by atoms with Crippen LogP contribution in [0.15, 0.2) is 0 Å². The van der Waals surface area contributed by atoms with E-state index in [-0.39, 0.29) is 35.3 Å². The van der Waals surface area contributed by atoms with Gasteiger partial charge in [-0.15, -0.1) is 0 Å². The van der Waals surface area contributed by atoms with Crippen LogP contribution in [0.3, 0.4) is 0 Å². The minimum absolute atomic E-state index is 0. The fourth-order valence-corrected chi connectivity index (χ4v) is 0. The van der Waals surface area contributed by atoms with E-state index in [1.165, 1.54) is 0 Å². The van der Waals surface area contributed by atoms with Crippen molar-refractivity contribution in [1.29, 1.82) is 0 Å². The van der Waals surface area contributed by atoms with Crippen LogP contribution in [0.25, 0.3) is 0 Å². The third-order valence-corrected chi connectivity index (χ3v) is 0. The van der Waals surface area contributed by atoms with Crippen LogP contribution in [0, 0.1) is 0 Å². The Balaban J connectivity index is -0.00000000333. The summed E-state index contributed by atoms with van der Waals surface area (Å²) in [5, 5.41) is 7.57. The third kappa shape index (κ3) is 14.5. The van der Waals surface area contributed by atoms with Gasteiger partial charge in [-0.25, -0.2) is 0 Å². The fraction of sp³-hybridized carbons (Fsp3) is 1.00. The SMILES string of the molecule is CCO.[HH].[HH].[HH].[Sb]. The van der Waals surface area contributed by atoms with Gasteiger partial charge in [-0.1, -0.05) is 0 Å². The Bertz CT molecular complexity index is 12.9. The summed E-state index contributed by atoms with van der Waals surface area (Å²) in [4.78, 5) is 0. The second-order valence-corrected chi connectivity index (χ2v) is 0.316. The minimum atomic E-state index is 0. The summed E-state index contributed by atoms with van der Waals surface area (Å²) in [6.07, 6.45) is 0. The maximum Gasteiger partial charge on any atom is 0.0402 e. The molecule has 1 N–H and O–H groups in total. The smallest absolute Gasteiger partial charge is 0.0402 e. The molecule has 31 valence electrons. The molecule has 0 unspecified atom stereocenters. The van der Waals surface area contributed by atoms with E-state index in [2.05, 4.69) is 0 Å². The molecule has 0 bridgehead atoms. The van der Waals surface area contributed by atoms with Crippen LogP contribution in [0.2, 0.25) is 0 Å². The normalized spacial score (nSPS) is 4.50. The number of hydrogen-bond acceptors (Lipinski definition) is 1. The molecule has 4 heavy (non-hydrogen) atoms. The van der Waals surface area contributed by atoms with Gasteiger partial charge in [-0.3, -0.25) is 0 Å². The number of rotatable bonds is 0. The average Bonchev–Trinajstić information content (AvgIpc) is 0.918. The van der Waals surface area contributed by atoms with E-state index in [9.17, 15) is 0 Å². The molecule has 0 spiro atoms. The molecule has 0 saturated heterocycles. The molecular formula is C2H12OSb. The van der Waals surface area contributed by atoms with Crippen molar-refractivity contribution in [2.45, 2.75) is 6.92 Å². The van der Waals surface area contributed by atoms with Gasteiger partial charge in [0, 0.05) is 35.3 Å². The molecule has 0 aliphatic rings. The summed E-state index contributed by atoms with van der Waals surface area (Å²) < 4.78 is 0. The maximum absolute atomic E-state index is 7.57. The van der Waals surface area contributed by atoms with Crippen molar-refractivity contribution in [2.75, 3.05) is 6.61 Å². The van der Waals surface area contributed by atoms with Crippen molar-refractivity contribution in [3.05, 3.63) is 0 Å². The van der Waals surface area contributed by atoms with Gasteiger partial charge in [0.15, 0.2) is 0 Å². The Labute approximate surface area is 47.9 Å². The van der Waals surface area contributed by atoms with Crippen molar-refractivity contribution in [3.8, 4) is 0 Å². The summed E-state index contributed by atoms with van der Waals surface area (Å²) in [5.74, 6) is 0. The molecule has 0 heterocycles. The zero-order valence-electron chi connectivity index (χ0n) is 2.60. The largest absolute Gasteiger partial charge is 0.397 e. The van der Waals surface area contributed by atoms with Crippen molar-refractivity contribution in [1.82, 2.24) is 0 Å². The predicted molar refractivity (Wildman–Crippen MR) is 24.9 cm³/mol. The van der Waals surface area contributed by atoms with E-state index >= 15 is 0 Å². The van der Waals surface area contributed by atoms with Gasteiger partial charge < -0.3 is 5.11 Å². The Hall–Kier alpha value is 0.778. The van der Waals surface area contributed by atoms with Crippen molar-refractivity contribution in [3.63, 3.8) is 0 Å². The number of aliphatic hydroxyl groups excluding tert-OH is 1. The molecule has 3 radical (unpaired) electrons. The van der Waals surface area contributed by atoms with Gasteiger partial charge in [-0.2, -0.15) is 0 Å². The van der Waals surface area contributed by atoms with Crippen molar-refractivity contribution >= 4 is 24.4 Å². The molecule has 0 saturated carbocycles. The molecule has 0 aromatic carbocycles. The van der Waals surface area contributed by atoms with Crippen molar-refractivity contribution < 1.29 is 9.39 Å². The molecule has 0 aromatic rings. The van der Waals surface area contributed by atoms with E-state index < -0.39 is 0 Å². The molecular weight excluding hydrogens is 162 g/mol. The van der Waals surface area contributed by atoms with Gasteiger partial charge in [0.25, 0.3) is 0 Å². The molecule has 0 amide bonds. The van der Waals surface area contributed by atoms with Crippen LogP contribution in [-0.4, -0.2) is 36.1 Å². The van der Waals surface area contributed by atoms with Crippen molar-refractivity contribution in [2.24, 2.45) is 0 Å². The van der Waals surface area contributed by atoms with Crippen LogP contribution in [0.1, 0.15) is 11.2 Å². The topological polar surface area (TPSA) is 20.2 Å².